The maximum atomic E-state index is 13.9. The lowest BCUT2D eigenvalue weighted by Gasteiger charge is -2.30. The lowest BCUT2D eigenvalue weighted by molar-refractivity contribution is -0.384. The van der Waals surface area contributed by atoms with Gasteiger partial charge < -0.3 is 9.64 Å². The molecule has 0 N–H and O–H groups in total. The van der Waals surface area contributed by atoms with Crippen molar-refractivity contribution in [1.82, 2.24) is 24.6 Å². The number of halogens is 3. The molecule has 1 aliphatic carbocycles. The molecule has 10 nitrogen and oxygen atoms in total. The predicted octanol–water partition coefficient (Wildman–Crippen LogP) is 6.97. The SMILES string of the molecule is COc1ccc(-c2nc(-c3ccncc3)nn2CCN(C(=O)c2c(Cl)ccc([N+](=O)[O-])c2Cl)C2CCCC2)cc1Cl. The van der Waals surface area contributed by atoms with E-state index in [4.69, 9.17) is 49.6 Å². The van der Waals surface area contributed by atoms with Crippen molar-refractivity contribution in [3.63, 3.8) is 0 Å². The number of nitro groups is 1. The molecular formula is C28H25Cl3N6O4. The molecule has 0 atom stereocenters. The Balaban J connectivity index is 1.52. The summed E-state index contributed by atoms with van der Waals surface area (Å²) < 4.78 is 7.02. The van der Waals surface area contributed by atoms with Crippen molar-refractivity contribution in [2.75, 3.05) is 13.7 Å². The van der Waals surface area contributed by atoms with Gasteiger partial charge in [0.1, 0.15) is 10.8 Å². The average Bonchev–Trinajstić information content (AvgIpc) is 3.64. The first-order valence-corrected chi connectivity index (χ1v) is 14.0. The first-order chi connectivity index (χ1) is 19.8. The van der Waals surface area contributed by atoms with E-state index in [1.807, 2.05) is 18.2 Å². The van der Waals surface area contributed by atoms with Crippen LogP contribution in [0.1, 0.15) is 36.0 Å². The topological polar surface area (TPSA) is 116 Å². The number of pyridine rings is 1. The molecule has 1 amide bonds. The second-order valence-corrected chi connectivity index (χ2v) is 10.7. The number of nitro benzene ring substituents is 1. The van der Waals surface area contributed by atoms with E-state index in [2.05, 4.69) is 4.98 Å². The van der Waals surface area contributed by atoms with E-state index in [1.165, 1.54) is 12.1 Å². The smallest absolute Gasteiger partial charge is 0.288 e. The molecule has 1 aliphatic rings. The maximum absolute atomic E-state index is 13.9. The van der Waals surface area contributed by atoms with Crippen LogP contribution in [0.5, 0.6) is 5.75 Å². The Labute approximate surface area is 251 Å². The molecule has 212 valence electrons. The summed E-state index contributed by atoms with van der Waals surface area (Å²) in [5.41, 5.74) is 1.04. The van der Waals surface area contributed by atoms with Crippen LogP contribution in [0.3, 0.4) is 0 Å². The summed E-state index contributed by atoms with van der Waals surface area (Å²) in [6.45, 7) is 0.526. The van der Waals surface area contributed by atoms with Crippen LogP contribution in [0.25, 0.3) is 22.8 Å². The van der Waals surface area contributed by atoms with Gasteiger partial charge in [0.05, 0.1) is 34.2 Å². The molecule has 0 radical (unpaired) electrons. The number of amides is 1. The second-order valence-electron chi connectivity index (χ2n) is 9.52. The summed E-state index contributed by atoms with van der Waals surface area (Å²) in [6, 6.07) is 11.4. The number of rotatable bonds is 9. The number of aromatic nitrogens is 4. The summed E-state index contributed by atoms with van der Waals surface area (Å²) in [4.78, 5) is 35.4. The van der Waals surface area contributed by atoms with Crippen LogP contribution in [0.4, 0.5) is 5.69 Å². The molecule has 0 spiro atoms. The Kier molecular flexibility index (Phi) is 8.72. The summed E-state index contributed by atoms with van der Waals surface area (Å²) in [5.74, 6) is 1.10. The highest BCUT2D eigenvalue weighted by Crippen LogP contribution is 2.36. The third-order valence-corrected chi connectivity index (χ3v) is 8.07. The van der Waals surface area contributed by atoms with E-state index in [0.29, 0.717) is 28.0 Å². The number of hydrogen-bond acceptors (Lipinski definition) is 7. The molecular weight excluding hydrogens is 591 g/mol. The number of ether oxygens (including phenoxy) is 1. The van der Waals surface area contributed by atoms with Gasteiger partial charge in [0.2, 0.25) is 0 Å². The standard InChI is InChI=1S/C28H25Cl3N6O4/c1-41-23-9-6-18(16-21(23)30)27-33-26(17-10-12-32-13-11-17)34-36(27)15-14-35(19-4-2-3-5-19)28(38)24-20(29)7-8-22(25(24)31)37(39)40/h6-13,16,19H,2-5,14-15H2,1H3. The van der Waals surface area contributed by atoms with Crippen molar-refractivity contribution in [1.29, 1.82) is 0 Å². The van der Waals surface area contributed by atoms with Gasteiger partial charge >= 0.3 is 0 Å². The molecule has 41 heavy (non-hydrogen) atoms. The molecule has 2 heterocycles. The van der Waals surface area contributed by atoms with Crippen molar-refractivity contribution < 1.29 is 14.5 Å². The molecule has 0 aliphatic heterocycles. The van der Waals surface area contributed by atoms with Gasteiger partial charge in [-0.1, -0.05) is 47.6 Å². The van der Waals surface area contributed by atoms with Gasteiger partial charge in [-0.2, -0.15) is 5.10 Å². The molecule has 1 saturated carbocycles. The molecule has 2 aromatic heterocycles. The van der Waals surface area contributed by atoms with E-state index >= 15 is 0 Å². The molecule has 4 aromatic rings. The fourth-order valence-corrected chi connectivity index (χ4v) is 5.89. The monoisotopic (exact) mass is 614 g/mol. The van der Waals surface area contributed by atoms with Crippen molar-refractivity contribution >= 4 is 46.4 Å². The Hall–Kier alpha value is -3.73. The number of nitrogens with zero attached hydrogens (tertiary/aromatic N) is 6. The number of methoxy groups -OCH3 is 1. The maximum Gasteiger partial charge on any atom is 0.288 e. The highest BCUT2D eigenvalue weighted by Gasteiger charge is 2.32. The molecule has 13 heteroatoms. The van der Waals surface area contributed by atoms with Crippen LogP contribution in [-0.2, 0) is 6.54 Å². The minimum Gasteiger partial charge on any atom is -0.495 e. The van der Waals surface area contributed by atoms with Gasteiger partial charge in [-0.15, -0.1) is 0 Å². The van der Waals surface area contributed by atoms with E-state index in [9.17, 15) is 14.9 Å². The number of hydrogen-bond donors (Lipinski definition) is 0. The number of benzene rings is 2. The molecule has 5 rings (SSSR count). The third-order valence-electron chi connectivity index (χ3n) is 7.08. The van der Waals surface area contributed by atoms with Gasteiger partial charge in [0.15, 0.2) is 11.6 Å². The van der Waals surface area contributed by atoms with Gasteiger partial charge in [-0.05, 0) is 49.2 Å². The van der Waals surface area contributed by atoms with Crippen molar-refractivity contribution in [3.8, 4) is 28.5 Å². The fraction of sp³-hybridized carbons (Fsp3) is 0.286. The zero-order chi connectivity index (χ0) is 29.1. The second kappa shape index (κ2) is 12.4. The Bertz CT molecular complexity index is 1590. The van der Waals surface area contributed by atoms with Crippen LogP contribution in [0, 0.1) is 10.1 Å². The van der Waals surface area contributed by atoms with E-state index in [0.717, 1.165) is 31.2 Å². The fourth-order valence-electron chi connectivity index (χ4n) is 5.03. The molecule has 0 saturated heterocycles. The Morgan fingerprint density at radius 3 is 2.46 bits per heavy atom. The number of carbonyl (C=O) groups is 1. The largest absolute Gasteiger partial charge is 0.495 e. The third kappa shape index (κ3) is 6.00. The van der Waals surface area contributed by atoms with Gasteiger partial charge in [-0.3, -0.25) is 19.9 Å². The van der Waals surface area contributed by atoms with Crippen molar-refractivity contribution in [3.05, 3.63) is 85.6 Å². The van der Waals surface area contributed by atoms with Crippen molar-refractivity contribution in [2.45, 2.75) is 38.3 Å². The van der Waals surface area contributed by atoms with Crippen molar-refractivity contribution in [2.24, 2.45) is 0 Å². The summed E-state index contributed by atoms with van der Waals surface area (Å²) in [5, 5.41) is 16.5. The van der Waals surface area contributed by atoms with Crippen LogP contribution < -0.4 is 4.74 Å². The van der Waals surface area contributed by atoms with E-state index in [-0.39, 0.29) is 40.4 Å². The lowest BCUT2D eigenvalue weighted by atomic mass is 10.1. The molecule has 1 fully saturated rings. The quantitative estimate of drug-likeness (QED) is 0.147. The summed E-state index contributed by atoms with van der Waals surface area (Å²) in [6.07, 6.45) is 6.86. The van der Waals surface area contributed by atoms with Crippen LogP contribution in [0.15, 0.2) is 54.9 Å². The van der Waals surface area contributed by atoms with Crippen LogP contribution in [-0.4, -0.2) is 55.2 Å². The Morgan fingerprint density at radius 2 is 1.80 bits per heavy atom. The summed E-state index contributed by atoms with van der Waals surface area (Å²) >= 11 is 19.2. The summed E-state index contributed by atoms with van der Waals surface area (Å²) in [7, 11) is 1.54. The predicted molar refractivity (Wildman–Crippen MR) is 157 cm³/mol. The zero-order valence-electron chi connectivity index (χ0n) is 22.0. The first kappa shape index (κ1) is 28.8. The van der Waals surface area contributed by atoms with Gasteiger partial charge in [0.25, 0.3) is 11.6 Å². The minimum absolute atomic E-state index is 0.0582. The Morgan fingerprint density at radius 1 is 1.07 bits per heavy atom. The minimum atomic E-state index is -0.627. The van der Waals surface area contributed by atoms with Gasteiger partial charge in [0, 0.05) is 42.2 Å². The zero-order valence-corrected chi connectivity index (χ0v) is 24.2. The number of carbonyl (C=O) groups excluding carboxylic acids is 1. The normalized spacial score (nSPS) is 13.4. The molecule has 0 unspecified atom stereocenters. The molecule has 0 bridgehead atoms. The molecule has 2 aromatic carbocycles. The van der Waals surface area contributed by atoms with E-state index < -0.39 is 10.8 Å². The van der Waals surface area contributed by atoms with Crippen LogP contribution in [0.2, 0.25) is 15.1 Å². The lowest BCUT2D eigenvalue weighted by Crippen LogP contribution is -2.41. The van der Waals surface area contributed by atoms with Gasteiger partial charge in [-0.25, -0.2) is 9.67 Å². The highest BCUT2D eigenvalue weighted by molar-refractivity contribution is 6.41. The van der Waals surface area contributed by atoms with Crippen LogP contribution >= 0.6 is 34.8 Å². The van der Waals surface area contributed by atoms with E-state index in [1.54, 1.807) is 41.2 Å². The average molecular weight is 616 g/mol. The highest BCUT2D eigenvalue weighted by atomic mass is 35.5. The first-order valence-electron chi connectivity index (χ1n) is 12.9.